The number of carbonyl (C=O) groups is 1. The van der Waals surface area contributed by atoms with Crippen LogP contribution in [0.2, 0.25) is 0 Å². The van der Waals surface area contributed by atoms with Crippen LogP contribution in [0.25, 0.3) is 0 Å². The molecular weight excluding hydrogens is 297 g/mol. The van der Waals surface area contributed by atoms with E-state index in [-0.39, 0.29) is 16.2 Å². The van der Waals surface area contributed by atoms with Crippen molar-refractivity contribution in [2.45, 2.75) is 12.3 Å². The van der Waals surface area contributed by atoms with Crippen LogP contribution in [0.4, 0.5) is 18.9 Å². The third-order valence-electron chi connectivity index (χ3n) is 3.46. The summed E-state index contributed by atoms with van der Waals surface area (Å²) in [6.45, 7) is 0. The van der Waals surface area contributed by atoms with Crippen molar-refractivity contribution in [3.8, 4) is 0 Å². The van der Waals surface area contributed by atoms with E-state index in [0.717, 1.165) is 6.07 Å². The van der Waals surface area contributed by atoms with E-state index in [9.17, 15) is 23.2 Å². The highest BCUT2D eigenvalue weighted by Gasteiger charge is 2.39. The van der Waals surface area contributed by atoms with Crippen LogP contribution in [0.15, 0.2) is 48.5 Å². The van der Waals surface area contributed by atoms with Gasteiger partial charge in [0.25, 0.3) is 5.91 Å². The Morgan fingerprint density at radius 1 is 1.05 bits per heavy atom. The van der Waals surface area contributed by atoms with Crippen LogP contribution < -0.4 is 5.32 Å². The van der Waals surface area contributed by atoms with Crippen LogP contribution in [-0.2, 0) is 6.18 Å². The quantitative estimate of drug-likeness (QED) is 0.791. The second kappa shape index (κ2) is 5.03. The third-order valence-corrected chi connectivity index (χ3v) is 3.46. The van der Waals surface area contributed by atoms with Crippen LogP contribution in [0.3, 0.4) is 0 Å². The van der Waals surface area contributed by atoms with E-state index in [1.54, 1.807) is 18.2 Å². The van der Waals surface area contributed by atoms with Gasteiger partial charge in [-0.25, -0.2) is 0 Å². The van der Waals surface area contributed by atoms with E-state index >= 15 is 0 Å². The molecule has 1 heterocycles. The highest BCUT2D eigenvalue weighted by molar-refractivity contribution is 6.01. The number of carbonyl (C=O) groups excluding carboxylic acids is 1. The summed E-state index contributed by atoms with van der Waals surface area (Å²) in [7, 11) is 0. The van der Waals surface area contributed by atoms with Crippen molar-refractivity contribution in [1.82, 2.24) is 5.06 Å². The maximum absolute atomic E-state index is 13.1. The Kier molecular flexibility index (Phi) is 3.29. The fraction of sp³-hybridized carbons (Fsp3) is 0.133. The molecule has 1 aliphatic heterocycles. The van der Waals surface area contributed by atoms with Gasteiger partial charge in [-0.05, 0) is 18.2 Å². The zero-order valence-electron chi connectivity index (χ0n) is 11.1. The monoisotopic (exact) mass is 308 g/mol. The molecule has 22 heavy (non-hydrogen) atoms. The fourth-order valence-corrected chi connectivity index (χ4v) is 2.45. The van der Waals surface area contributed by atoms with Gasteiger partial charge in [0.05, 0.1) is 11.1 Å². The lowest BCUT2D eigenvalue weighted by Gasteiger charge is -2.34. The Morgan fingerprint density at radius 3 is 2.41 bits per heavy atom. The molecule has 3 rings (SSSR count). The van der Waals surface area contributed by atoms with Crippen molar-refractivity contribution in [2.24, 2.45) is 0 Å². The Hall–Kier alpha value is -2.54. The van der Waals surface area contributed by atoms with Gasteiger partial charge in [-0.1, -0.05) is 30.3 Å². The maximum Gasteiger partial charge on any atom is 0.416 e. The molecule has 0 saturated heterocycles. The predicted molar refractivity (Wildman–Crippen MR) is 72.2 cm³/mol. The SMILES string of the molecule is O=C1c2ccccc2N[C@@H](c2ccccc2C(F)(F)F)N1O. The summed E-state index contributed by atoms with van der Waals surface area (Å²) in [6.07, 6.45) is -5.89. The summed E-state index contributed by atoms with van der Waals surface area (Å²) in [6, 6.07) is 11.1. The summed E-state index contributed by atoms with van der Waals surface area (Å²) < 4.78 is 39.3. The highest BCUT2D eigenvalue weighted by atomic mass is 19.4. The van der Waals surface area contributed by atoms with Crippen molar-refractivity contribution >= 4 is 11.6 Å². The molecule has 0 saturated carbocycles. The Labute approximate surface area is 123 Å². The molecule has 1 atom stereocenters. The molecule has 0 unspecified atom stereocenters. The molecule has 2 aromatic carbocycles. The summed E-state index contributed by atoms with van der Waals surface area (Å²) in [5.41, 5.74) is -0.551. The summed E-state index contributed by atoms with van der Waals surface area (Å²) in [5, 5.41) is 13.0. The van der Waals surface area contributed by atoms with Crippen LogP contribution in [-0.4, -0.2) is 16.2 Å². The van der Waals surface area contributed by atoms with Gasteiger partial charge in [0.2, 0.25) is 0 Å². The standard InChI is InChI=1S/C15H11F3N2O2/c16-15(17,18)11-7-3-1-5-9(11)13-19-12-8-4-2-6-10(12)14(21)20(13)22/h1-8,13,19,22H/t13-/m1/s1. The number of amides is 1. The minimum Gasteiger partial charge on any atom is -0.359 e. The van der Waals surface area contributed by atoms with Gasteiger partial charge in [0.1, 0.15) is 0 Å². The largest absolute Gasteiger partial charge is 0.416 e. The van der Waals surface area contributed by atoms with Gasteiger partial charge in [-0.15, -0.1) is 0 Å². The zero-order chi connectivity index (χ0) is 15.9. The molecule has 0 fully saturated rings. The summed E-state index contributed by atoms with van der Waals surface area (Å²) in [5.74, 6) is -0.753. The van der Waals surface area contributed by atoms with Gasteiger partial charge in [-0.2, -0.15) is 18.2 Å². The second-order valence-corrected chi connectivity index (χ2v) is 4.83. The molecule has 4 nitrogen and oxygen atoms in total. The van der Waals surface area contributed by atoms with E-state index < -0.39 is 23.8 Å². The molecule has 0 aromatic heterocycles. The van der Waals surface area contributed by atoms with E-state index in [1.807, 2.05) is 0 Å². The van der Waals surface area contributed by atoms with Crippen LogP contribution in [0, 0.1) is 0 Å². The summed E-state index contributed by atoms with van der Waals surface area (Å²) >= 11 is 0. The fourth-order valence-electron chi connectivity index (χ4n) is 2.45. The smallest absolute Gasteiger partial charge is 0.359 e. The topological polar surface area (TPSA) is 52.6 Å². The zero-order valence-corrected chi connectivity index (χ0v) is 11.1. The van der Waals surface area contributed by atoms with Crippen molar-refractivity contribution in [2.75, 3.05) is 5.32 Å². The van der Waals surface area contributed by atoms with Crippen molar-refractivity contribution < 1.29 is 23.2 Å². The lowest BCUT2D eigenvalue weighted by Crippen LogP contribution is -2.41. The first-order chi connectivity index (χ1) is 10.4. The predicted octanol–water partition coefficient (Wildman–Crippen LogP) is 3.66. The molecular formula is C15H11F3N2O2. The molecule has 7 heteroatoms. The van der Waals surface area contributed by atoms with Gasteiger partial charge >= 0.3 is 6.18 Å². The number of anilines is 1. The maximum atomic E-state index is 13.1. The Bertz CT molecular complexity index is 731. The number of nitrogens with one attached hydrogen (secondary N) is 1. The number of halogens is 3. The lowest BCUT2D eigenvalue weighted by molar-refractivity contribution is -0.140. The number of hydrogen-bond donors (Lipinski definition) is 2. The Balaban J connectivity index is 2.10. The highest BCUT2D eigenvalue weighted by Crippen LogP contribution is 2.38. The lowest BCUT2D eigenvalue weighted by atomic mass is 10.0. The van der Waals surface area contributed by atoms with Gasteiger partial charge in [-0.3, -0.25) is 10.0 Å². The Morgan fingerprint density at radius 2 is 1.68 bits per heavy atom. The molecule has 0 radical (unpaired) electrons. The number of benzene rings is 2. The first-order valence-corrected chi connectivity index (χ1v) is 6.43. The molecule has 1 amide bonds. The molecule has 0 aliphatic carbocycles. The third kappa shape index (κ3) is 2.29. The average Bonchev–Trinajstić information content (AvgIpc) is 2.50. The van der Waals surface area contributed by atoms with Gasteiger partial charge in [0, 0.05) is 11.3 Å². The number of fused-ring (bicyclic) bond motifs is 1. The number of nitrogens with zero attached hydrogens (tertiary/aromatic N) is 1. The number of hydroxylamine groups is 2. The number of hydrogen-bond acceptors (Lipinski definition) is 3. The average molecular weight is 308 g/mol. The van der Waals surface area contributed by atoms with Crippen molar-refractivity contribution in [3.05, 3.63) is 65.2 Å². The van der Waals surface area contributed by atoms with Gasteiger partial charge in [0.15, 0.2) is 6.17 Å². The molecule has 2 aromatic rings. The van der Waals surface area contributed by atoms with E-state index in [0.29, 0.717) is 5.69 Å². The van der Waals surface area contributed by atoms with Crippen LogP contribution >= 0.6 is 0 Å². The molecule has 2 N–H and O–H groups in total. The minimum atomic E-state index is -4.58. The van der Waals surface area contributed by atoms with Crippen LogP contribution in [0.5, 0.6) is 0 Å². The molecule has 1 aliphatic rings. The van der Waals surface area contributed by atoms with E-state index in [4.69, 9.17) is 0 Å². The first kappa shape index (κ1) is 14.4. The van der Waals surface area contributed by atoms with E-state index in [2.05, 4.69) is 5.32 Å². The second-order valence-electron chi connectivity index (χ2n) is 4.83. The number of alkyl halides is 3. The normalized spacial score (nSPS) is 17.9. The molecule has 0 bridgehead atoms. The van der Waals surface area contributed by atoms with Crippen molar-refractivity contribution in [1.29, 1.82) is 0 Å². The first-order valence-electron chi connectivity index (χ1n) is 6.43. The van der Waals surface area contributed by atoms with Crippen molar-refractivity contribution in [3.63, 3.8) is 0 Å². The number of rotatable bonds is 1. The van der Waals surface area contributed by atoms with Gasteiger partial charge < -0.3 is 5.32 Å². The van der Waals surface area contributed by atoms with Crippen LogP contribution in [0.1, 0.15) is 27.7 Å². The molecule has 0 spiro atoms. The van der Waals surface area contributed by atoms with E-state index in [1.165, 1.54) is 24.3 Å². The minimum absolute atomic E-state index is 0.200. The molecule has 114 valence electrons. The number of para-hydroxylation sites is 1. The summed E-state index contributed by atoms with van der Waals surface area (Å²) in [4.78, 5) is 12.1.